The number of halogens is 1. The zero-order valence-corrected chi connectivity index (χ0v) is 11.2. The molecule has 4 nitrogen and oxygen atoms in total. The number of ether oxygens (including phenoxy) is 2. The summed E-state index contributed by atoms with van der Waals surface area (Å²) in [5.41, 5.74) is -0.0375. The van der Waals surface area contributed by atoms with Crippen LogP contribution in [0.4, 0.5) is 4.39 Å². The molecule has 0 aliphatic carbocycles. The molecule has 1 unspecified atom stereocenters. The summed E-state index contributed by atoms with van der Waals surface area (Å²) in [5.74, 6) is -1.26. The number of Topliss-reactive ketones (excluding diaryl/α,β-unsaturated/α-hetero) is 2. The topological polar surface area (TPSA) is 52.6 Å². The number of benzene rings is 1. The Kier molecular flexibility index (Phi) is 5.48. The zero-order valence-electron chi connectivity index (χ0n) is 11.2. The van der Waals surface area contributed by atoms with Crippen LogP contribution in [0.15, 0.2) is 18.2 Å². The lowest BCUT2D eigenvalue weighted by atomic mass is 10.0. The molecule has 0 aliphatic heterocycles. The van der Waals surface area contributed by atoms with E-state index in [4.69, 9.17) is 9.47 Å². The molecule has 0 spiro atoms. The summed E-state index contributed by atoms with van der Waals surface area (Å²) in [6.45, 7) is 1.75. The van der Waals surface area contributed by atoms with Crippen LogP contribution >= 0.6 is 0 Å². The molecule has 1 aromatic carbocycles. The van der Waals surface area contributed by atoms with Crippen molar-refractivity contribution in [1.82, 2.24) is 0 Å². The number of hydrogen-bond donors (Lipinski definition) is 0. The summed E-state index contributed by atoms with van der Waals surface area (Å²) in [6.07, 6.45) is -1.65. The molecule has 5 heteroatoms. The quantitative estimate of drug-likeness (QED) is 0.563. The molecular weight excluding hydrogens is 251 g/mol. The van der Waals surface area contributed by atoms with E-state index in [-0.39, 0.29) is 23.5 Å². The highest BCUT2D eigenvalue weighted by Gasteiger charge is 2.30. The van der Waals surface area contributed by atoms with Crippen LogP contribution < -0.4 is 9.47 Å². The molecule has 1 atom stereocenters. The number of hydrogen-bond acceptors (Lipinski definition) is 4. The summed E-state index contributed by atoms with van der Waals surface area (Å²) in [5, 5.41) is 0. The molecule has 0 bridgehead atoms. The Morgan fingerprint density at radius 3 is 2.16 bits per heavy atom. The molecule has 1 rings (SSSR count). The van der Waals surface area contributed by atoms with E-state index in [1.165, 1.54) is 26.4 Å². The van der Waals surface area contributed by atoms with E-state index in [1.807, 2.05) is 0 Å². The molecule has 0 saturated carbocycles. The molecule has 0 fully saturated rings. The smallest absolute Gasteiger partial charge is 0.221 e. The Bertz CT molecular complexity index is 448. The van der Waals surface area contributed by atoms with Gasteiger partial charge in [-0.05, 0) is 18.6 Å². The minimum atomic E-state index is -2.18. The first-order valence-corrected chi connectivity index (χ1v) is 5.98. The number of alkyl halides is 1. The maximum atomic E-state index is 13.9. The third kappa shape index (κ3) is 3.30. The standard InChI is InChI=1S/C14H17FO4/c1-4-6-9(16)13(15)14(17)12-10(18-2)7-5-8-11(12)19-3/h5,7-8,13H,4,6H2,1-3H3. The molecule has 0 saturated heterocycles. The fourth-order valence-electron chi connectivity index (χ4n) is 1.74. The number of rotatable bonds is 7. The Labute approximate surface area is 111 Å². The van der Waals surface area contributed by atoms with E-state index in [1.54, 1.807) is 13.0 Å². The summed E-state index contributed by atoms with van der Waals surface area (Å²) >= 11 is 0. The van der Waals surface area contributed by atoms with Crippen molar-refractivity contribution in [3.05, 3.63) is 23.8 Å². The fraction of sp³-hybridized carbons (Fsp3) is 0.429. The van der Waals surface area contributed by atoms with Gasteiger partial charge in [-0.1, -0.05) is 13.0 Å². The first kappa shape index (κ1) is 15.1. The van der Waals surface area contributed by atoms with Gasteiger partial charge >= 0.3 is 0 Å². The van der Waals surface area contributed by atoms with Crippen LogP contribution in [0.25, 0.3) is 0 Å². The maximum Gasteiger partial charge on any atom is 0.221 e. The molecule has 0 aromatic heterocycles. The molecule has 104 valence electrons. The number of carbonyl (C=O) groups is 2. The Balaban J connectivity index is 3.14. The second kappa shape index (κ2) is 6.87. The Morgan fingerprint density at radius 1 is 1.21 bits per heavy atom. The van der Waals surface area contributed by atoms with Crippen LogP contribution in [0.5, 0.6) is 11.5 Å². The molecule has 0 N–H and O–H groups in total. The fourth-order valence-corrected chi connectivity index (χ4v) is 1.74. The van der Waals surface area contributed by atoms with Gasteiger partial charge in [-0.2, -0.15) is 0 Å². The Morgan fingerprint density at radius 2 is 1.74 bits per heavy atom. The number of methoxy groups -OCH3 is 2. The van der Waals surface area contributed by atoms with Crippen LogP contribution in [-0.2, 0) is 4.79 Å². The predicted octanol–water partition coefficient (Wildman–Crippen LogP) is 2.59. The molecule has 19 heavy (non-hydrogen) atoms. The van der Waals surface area contributed by atoms with E-state index in [9.17, 15) is 14.0 Å². The zero-order chi connectivity index (χ0) is 14.4. The second-order valence-electron chi connectivity index (χ2n) is 3.98. The van der Waals surface area contributed by atoms with Gasteiger partial charge in [-0.25, -0.2) is 4.39 Å². The van der Waals surface area contributed by atoms with Gasteiger partial charge < -0.3 is 9.47 Å². The van der Waals surface area contributed by atoms with Gasteiger partial charge in [0.1, 0.15) is 17.1 Å². The van der Waals surface area contributed by atoms with Crippen molar-refractivity contribution in [2.24, 2.45) is 0 Å². The number of carbonyl (C=O) groups excluding carboxylic acids is 2. The molecule has 0 radical (unpaired) electrons. The van der Waals surface area contributed by atoms with E-state index >= 15 is 0 Å². The minimum Gasteiger partial charge on any atom is -0.496 e. The van der Waals surface area contributed by atoms with Crippen LogP contribution in [0, 0.1) is 0 Å². The lowest BCUT2D eigenvalue weighted by Crippen LogP contribution is -2.26. The SMILES string of the molecule is CCCC(=O)C(F)C(=O)c1c(OC)cccc1OC. The van der Waals surface area contributed by atoms with Gasteiger partial charge in [0.2, 0.25) is 12.0 Å². The van der Waals surface area contributed by atoms with Crippen molar-refractivity contribution in [3.63, 3.8) is 0 Å². The third-order valence-electron chi connectivity index (χ3n) is 2.68. The molecule has 1 aromatic rings. The molecule has 0 aliphatic rings. The van der Waals surface area contributed by atoms with Gasteiger partial charge in [0.25, 0.3) is 0 Å². The highest BCUT2D eigenvalue weighted by molar-refractivity contribution is 6.15. The first-order valence-electron chi connectivity index (χ1n) is 5.98. The van der Waals surface area contributed by atoms with Gasteiger partial charge in [0.15, 0.2) is 5.78 Å². The molecule has 0 heterocycles. The second-order valence-corrected chi connectivity index (χ2v) is 3.98. The predicted molar refractivity (Wildman–Crippen MR) is 68.7 cm³/mol. The molecular formula is C14H17FO4. The van der Waals surface area contributed by atoms with E-state index in [0.29, 0.717) is 6.42 Å². The van der Waals surface area contributed by atoms with Crippen molar-refractivity contribution >= 4 is 11.6 Å². The lowest BCUT2D eigenvalue weighted by molar-refractivity contribution is -0.122. The number of ketones is 2. The highest BCUT2D eigenvalue weighted by atomic mass is 19.1. The normalized spacial score (nSPS) is 11.8. The monoisotopic (exact) mass is 268 g/mol. The third-order valence-corrected chi connectivity index (χ3v) is 2.68. The van der Waals surface area contributed by atoms with Crippen molar-refractivity contribution < 1.29 is 23.5 Å². The van der Waals surface area contributed by atoms with Crippen LogP contribution in [0.2, 0.25) is 0 Å². The van der Waals surface area contributed by atoms with Gasteiger partial charge in [0.05, 0.1) is 14.2 Å². The van der Waals surface area contributed by atoms with Gasteiger partial charge in [0, 0.05) is 6.42 Å². The Hall–Kier alpha value is -1.91. The maximum absolute atomic E-state index is 13.9. The average molecular weight is 268 g/mol. The van der Waals surface area contributed by atoms with E-state index < -0.39 is 17.7 Å². The minimum absolute atomic E-state index is 0.0321. The first-order chi connectivity index (χ1) is 9.06. The van der Waals surface area contributed by atoms with Crippen LogP contribution in [0.3, 0.4) is 0 Å². The average Bonchev–Trinajstić information content (AvgIpc) is 2.44. The van der Waals surface area contributed by atoms with Crippen molar-refractivity contribution in [2.45, 2.75) is 25.9 Å². The highest BCUT2D eigenvalue weighted by Crippen LogP contribution is 2.30. The van der Waals surface area contributed by atoms with Crippen molar-refractivity contribution in [2.75, 3.05) is 14.2 Å². The lowest BCUT2D eigenvalue weighted by Gasteiger charge is -2.13. The summed E-state index contributed by atoms with van der Waals surface area (Å²) < 4.78 is 23.9. The van der Waals surface area contributed by atoms with Gasteiger partial charge in [-0.15, -0.1) is 0 Å². The summed E-state index contributed by atoms with van der Waals surface area (Å²) in [7, 11) is 2.74. The summed E-state index contributed by atoms with van der Waals surface area (Å²) in [4.78, 5) is 23.5. The summed E-state index contributed by atoms with van der Waals surface area (Å²) in [6, 6.07) is 4.66. The van der Waals surface area contributed by atoms with Crippen LogP contribution in [0.1, 0.15) is 30.1 Å². The van der Waals surface area contributed by atoms with E-state index in [2.05, 4.69) is 0 Å². The van der Waals surface area contributed by atoms with Crippen LogP contribution in [-0.4, -0.2) is 32.0 Å². The largest absolute Gasteiger partial charge is 0.496 e. The van der Waals surface area contributed by atoms with Crippen molar-refractivity contribution in [1.29, 1.82) is 0 Å². The molecule has 0 amide bonds. The van der Waals surface area contributed by atoms with E-state index in [0.717, 1.165) is 0 Å². The van der Waals surface area contributed by atoms with Crippen molar-refractivity contribution in [3.8, 4) is 11.5 Å². The van der Waals surface area contributed by atoms with Gasteiger partial charge in [-0.3, -0.25) is 9.59 Å².